The Kier molecular flexibility index (Phi) is 5.03. The van der Waals surface area contributed by atoms with E-state index in [-0.39, 0.29) is 41.6 Å². The average molecular weight is 379 g/mol. The second kappa shape index (κ2) is 7.62. The standard InChI is InChI=1S/C22H25N3O3/c1-15-6-4-7-16(12-15)13-24-11-5-8-17(21(24)27)22(28)25-14-20(26)23-18-9-2-3-10-19(18)25/h4-8,11-12,18-19H,2-3,9-10,13-14H2,1H3,(H,23,26)/t18-,19-/m1/s1. The fourth-order valence-electron chi connectivity index (χ4n) is 4.39. The van der Waals surface area contributed by atoms with Crippen molar-refractivity contribution in [3.63, 3.8) is 0 Å². The lowest BCUT2D eigenvalue weighted by Crippen LogP contribution is -2.63. The van der Waals surface area contributed by atoms with E-state index in [1.54, 1.807) is 27.8 Å². The normalized spacial score (nSPS) is 21.8. The van der Waals surface area contributed by atoms with Crippen LogP contribution in [0.15, 0.2) is 47.4 Å². The molecule has 2 amide bonds. The Bertz CT molecular complexity index is 965. The van der Waals surface area contributed by atoms with E-state index in [1.807, 2.05) is 31.2 Å². The molecular formula is C22H25N3O3. The first-order valence-corrected chi connectivity index (χ1v) is 9.88. The molecule has 146 valence electrons. The molecule has 1 aliphatic carbocycles. The Morgan fingerprint density at radius 1 is 1.14 bits per heavy atom. The summed E-state index contributed by atoms with van der Waals surface area (Å²) in [6, 6.07) is 11.2. The molecule has 4 rings (SSSR count). The van der Waals surface area contributed by atoms with Crippen molar-refractivity contribution in [1.29, 1.82) is 0 Å². The number of hydrogen-bond acceptors (Lipinski definition) is 3. The minimum absolute atomic E-state index is 0.00261. The fraction of sp³-hybridized carbons (Fsp3) is 0.409. The highest BCUT2D eigenvalue weighted by atomic mass is 16.2. The molecule has 28 heavy (non-hydrogen) atoms. The molecule has 1 N–H and O–H groups in total. The number of aromatic nitrogens is 1. The van der Waals surface area contributed by atoms with Gasteiger partial charge in [-0.2, -0.15) is 0 Å². The third-order valence-electron chi connectivity index (χ3n) is 5.74. The van der Waals surface area contributed by atoms with Crippen molar-refractivity contribution in [1.82, 2.24) is 14.8 Å². The van der Waals surface area contributed by atoms with Crippen LogP contribution in [-0.4, -0.2) is 39.9 Å². The first-order valence-electron chi connectivity index (χ1n) is 9.88. The van der Waals surface area contributed by atoms with Gasteiger partial charge in [0.1, 0.15) is 12.1 Å². The van der Waals surface area contributed by atoms with E-state index >= 15 is 0 Å². The predicted octanol–water partition coefficient (Wildman–Crippen LogP) is 2.09. The molecule has 0 bridgehead atoms. The summed E-state index contributed by atoms with van der Waals surface area (Å²) >= 11 is 0. The second-order valence-corrected chi connectivity index (χ2v) is 7.80. The zero-order chi connectivity index (χ0) is 19.7. The Morgan fingerprint density at radius 2 is 1.96 bits per heavy atom. The predicted molar refractivity (Wildman–Crippen MR) is 106 cm³/mol. The van der Waals surface area contributed by atoms with Gasteiger partial charge in [0.25, 0.3) is 11.5 Å². The zero-order valence-electron chi connectivity index (χ0n) is 16.1. The number of nitrogens with zero attached hydrogens (tertiary/aromatic N) is 2. The van der Waals surface area contributed by atoms with E-state index in [0.717, 1.165) is 36.8 Å². The molecule has 0 radical (unpaired) electrons. The summed E-state index contributed by atoms with van der Waals surface area (Å²) in [4.78, 5) is 39.9. The highest BCUT2D eigenvalue weighted by molar-refractivity contribution is 5.97. The smallest absolute Gasteiger partial charge is 0.263 e. The first-order chi connectivity index (χ1) is 13.5. The number of carbonyl (C=O) groups excluding carboxylic acids is 2. The molecule has 2 aromatic rings. The van der Waals surface area contributed by atoms with Gasteiger partial charge in [0.2, 0.25) is 5.91 Å². The van der Waals surface area contributed by atoms with Crippen LogP contribution >= 0.6 is 0 Å². The van der Waals surface area contributed by atoms with Gasteiger partial charge in [-0.1, -0.05) is 42.7 Å². The Hall–Kier alpha value is -2.89. The topological polar surface area (TPSA) is 71.4 Å². The molecule has 2 aliphatic rings. The molecule has 1 saturated heterocycles. The molecule has 2 fully saturated rings. The van der Waals surface area contributed by atoms with E-state index in [1.165, 1.54) is 0 Å². The van der Waals surface area contributed by atoms with Crippen LogP contribution in [0, 0.1) is 6.92 Å². The van der Waals surface area contributed by atoms with Gasteiger partial charge in [0.05, 0.1) is 12.6 Å². The molecule has 1 aromatic carbocycles. The summed E-state index contributed by atoms with van der Waals surface area (Å²) in [5.41, 5.74) is 1.96. The number of benzene rings is 1. The van der Waals surface area contributed by atoms with Gasteiger partial charge in [0.15, 0.2) is 0 Å². The highest BCUT2D eigenvalue weighted by Gasteiger charge is 2.39. The van der Waals surface area contributed by atoms with Crippen molar-refractivity contribution >= 4 is 11.8 Å². The number of carbonyl (C=O) groups is 2. The number of amides is 2. The minimum Gasteiger partial charge on any atom is -0.350 e. The second-order valence-electron chi connectivity index (χ2n) is 7.80. The number of piperazine rings is 1. The van der Waals surface area contributed by atoms with Crippen LogP contribution in [-0.2, 0) is 11.3 Å². The summed E-state index contributed by atoms with van der Waals surface area (Å²) in [7, 11) is 0. The van der Waals surface area contributed by atoms with E-state index < -0.39 is 0 Å². The van der Waals surface area contributed by atoms with E-state index in [4.69, 9.17) is 0 Å². The summed E-state index contributed by atoms with van der Waals surface area (Å²) in [5.74, 6) is -0.483. The SMILES string of the molecule is Cc1cccc(Cn2cccc(C(=O)N3CC(=O)N[C@@H]4CCCC[C@H]43)c2=O)c1. The van der Waals surface area contributed by atoms with Crippen molar-refractivity contribution < 1.29 is 9.59 Å². The zero-order valence-corrected chi connectivity index (χ0v) is 16.1. The number of pyridine rings is 1. The van der Waals surface area contributed by atoms with Crippen LogP contribution in [0.5, 0.6) is 0 Å². The monoisotopic (exact) mass is 379 g/mol. The summed E-state index contributed by atoms with van der Waals surface area (Å²) < 4.78 is 1.56. The van der Waals surface area contributed by atoms with Crippen LogP contribution in [0.4, 0.5) is 0 Å². The number of nitrogens with one attached hydrogen (secondary N) is 1. The fourth-order valence-corrected chi connectivity index (χ4v) is 4.39. The summed E-state index contributed by atoms with van der Waals surface area (Å²) in [6.07, 6.45) is 5.53. The van der Waals surface area contributed by atoms with Crippen molar-refractivity contribution in [2.45, 2.75) is 51.2 Å². The Balaban J connectivity index is 1.62. The van der Waals surface area contributed by atoms with Gasteiger partial charge in [-0.3, -0.25) is 14.4 Å². The number of fused-ring (bicyclic) bond motifs is 1. The Labute approximate surface area is 164 Å². The number of hydrogen-bond donors (Lipinski definition) is 1. The maximum atomic E-state index is 13.2. The molecule has 6 nitrogen and oxygen atoms in total. The molecule has 2 heterocycles. The van der Waals surface area contributed by atoms with Gasteiger partial charge in [-0.15, -0.1) is 0 Å². The molecule has 0 spiro atoms. The third-order valence-corrected chi connectivity index (χ3v) is 5.74. The lowest BCUT2D eigenvalue weighted by molar-refractivity contribution is -0.127. The molecule has 1 aliphatic heterocycles. The van der Waals surface area contributed by atoms with Crippen LogP contribution < -0.4 is 10.9 Å². The highest BCUT2D eigenvalue weighted by Crippen LogP contribution is 2.26. The molecule has 1 saturated carbocycles. The number of aryl methyl sites for hydroxylation is 1. The van der Waals surface area contributed by atoms with E-state index in [0.29, 0.717) is 6.54 Å². The lowest BCUT2D eigenvalue weighted by atomic mass is 9.87. The van der Waals surface area contributed by atoms with Crippen molar-refractivity contribution in [3.8, 4) is 0 Å². The van der Waals surface area contributed by atoms with Gasteiger partial charge in [0, 0.05) is 12.2 Å². The largest absolute Gasteiger partial charge is 0.350 e. The molecule has 1 aromatic heterocycles. The van der Waals surface area contributed by atoms with E-state index in [9.17, 15) is 14.4 Å². The third kappa shape index (κ3) is 3.59. The van der Waals surface area contributed by atoms with E-state index in [2.05, 4.69) is 5.32 Å². The number of rotatable bonds is 3. The quantitative estimate of drug-likeness (QED) is 0.888. The Morgan fingerprint density at radius 3 is 2.79 bits per heavy atom. The van der Waals surface area contributed by atoms with Gasteiger partial charge in [-0.05, 0) is 37.5 Å². The lowest BCUT2D eigenvalue weighted by Gasteiger charge is -2.43. The van der Waals surface area contributed by atoms with Crippen LogP contribution in [0.1, 0.15) is 47.2 Å². The van der Waals surface area contributed by atoms with Crippen molar-refractivity contribution in [2.75, 3.05) is 6.54 Å². The van der Waals surface area contributed by atoms with Crippen molar-refractivity contribution in [3.05, 3.63) is 69.6 Å². The summed E-state index contributed by atoms with van der Waals surface area (Å²) in [5, 5.41) is 3.00. The minimum atomic E-state index is -0.338. The van der Waals surface area contributed by atoms with Crippen LogP contribution in [0.3, 0.4) is 0 Å². The first kappa shape index (κ1) is 18.5. The maximum absolute atomic E-state index is 13.2. The summed E-state index contributed by atoms with van der Waals surface area (Å²) in [6.45, 7) is 2.44. The molecule has 6 heteroatoms. The molecular weight excluding hydrogens is 354 g/mol. The molecule has 2 atom stereocenters. The van der Waals surface area contributed by atoms with Gasteiger partial charge in [-0.25, -0.2) is 0 Å². The molecule has 0 unspecified atom stereocenters. The van der Waals surface area contributed by atoms with Crippen LogP contribution in [0.2, 0.25) is 0 Å². The maximum Gasteiger partial charge on any atom is 0.263 e. The van der Waals surface area contributed by atoms with Crippen LogP contribution in [0.25, 0.3) is 0 Å². The van der Waals surface area contributed by atoms with Gasteiger partial charge >= 0.3 is 0 Å². The average Bonchev–Trinajstić information content (AvgIpc) is 2.68. The van der Waals surface area contributed by atoms with Crippen molar-refractivity contribution in [2.24, 2.45) is 0 Å². The van der Waals surface area contributed by atoms with Gasteiger partial charge < -0.3 is 14.8 Å².